The summed E-state index contributed by atoms with van der Waals surface area (Å²) in [6.07, 6.45) is 4.57. The summed E-state index contributed by atoms with van der Waals surface area (Å²) in [6.45, 7) is 0.763. The molecule has 118 valence electrons. The minimum absolute atomic E-state index is 0.473. The standard InChI is InChI=1S/C16H18N6S/c17-14-8-15(18-7-6-13-9-19-20-10-13)22-16(21-14)23-11-12-4-2-1-3-5-12/h1-5,8-10H,6-7,11H2,(H,19,20)(H3,17,18,21,22). The van der Waals surface area contributed by atoms with E-state index >= 15 is 0 Å². The van der Waals surface area contributed by atoms with Gasteiger partial charge >= 0.3 is 0 Å². The maximum atomic E-state index is 5.88. The van der Waals surface area contributed by atoms with Gasteiger partial charge in [-0.3, -0.25) is 5.10 Å². The van der Waals surface area contributed by atoms with Gasteiger partial charge in [-0.2, -0.15) is 5.10 Å². The molecule has 0 fully saturated rings. The van der Waals surface area contributed by atoms with E-state index in [0.29, 0.717) is 11.0 Å². The van der Waals surface area contributed by atoms with Gasteiger partial charge in [-0.1, -0.05) is 42.1 Å². The van der Waals surface area contributed by atoms with E-state index in [1.165, 1.54) is 5.56 Å². The van der Waals surface area contributed by atoms with Gasteiger partial charge in [0, 0.05) is 24.6 Å². The SMILES string of the molecule is Nc1cc(NCCc2cn[nH]c2)nc(SCc2ccccc2)n1. The molecule has 1 aromatic carbocycles. The van der Waals surface area contributed by atoms with Crippen molar-refractivity contribution >= 4 is 23.4 Å². The van der Waals surface area contributed by atoms with Crippen molar-refractivity contribution in [1.29, 1.82) is 0 Å². The maximum absolute atomic E-state index is 5.88. The molecule has 3 aromatic rings. The zero-order valence-corrected chi connectivity index (χ0v) is 13.4. The van der Waals surface area contributed by atoms with Crippen LogP contribution in [0.15, 0.2) is 53.9 Å². The highest BCUT2D eigenvalue weighted by Crippen LogP contribution is 2.21. The van der Waals surface area contributed by atoms with E-state index in [1.54, 1.807) is 17.8 Å². The van der Waals surface area contributed by atoms with Crippen LogP contribution in [0.5, 0.6) is 0 Å². The molecule has 4 N–H and O–H groups in total. The minimum Gasteiger partial charge on any atom is -0.383 e. The molecule has 3 rings (SSSR count). The second-order valence-electron chi connectivity index (χ2n) is 5.02. The lowest BCUT2D eigenvalue weighted by Crippen LogP contribution is -2.08. The van der Waals surface area contributed by atoms with E-state index in [1.807, 2.05) is 30.6 Å². The summed E-state index contributed by atoms with van der Waals surface area (Å²) in [7, 11) is 0. The number of benzene rings is 1. The summed E-state index contributed by atoms with van der Waals surface area (Å²) in [5, 5.41) is 10.7. The van der Waals surface area contributed by atoms with E-state index in [0.717, 1.165) is 30.1 Å². The smallest absolute Gasteiger partial charge is 0.191 e. The summed E-state index contributed by atoms with van der Waals surface area (Å²) >= 11 is 1.58. The van der Waals surface area contributed by atoms with Crippen LogP contribution in [0, 0.1) is 0 Å². The maximum Gasteiger partial charge on any atom is 0.191 e. The Morgan fingerprint density at radius 3 is 2.78 bits per heavy atom. The van der Waals surface area contributed by atoms with Crippen LogP contribution in [0.2, 0.25) is 0 Å². The number of H-pyrrole nitrogens is 1. The first-order chi connectivity index (χ1) is 11.3. The number of anilines is 2. The zero-order valence-electron chi connectivity index (χ0n) is 12.6. The largest absolute Gasteiger partial charge is 0.383 e. The van der Waals surface area contributed by atoms with Crippen molar-refractivity contribution in [3.05, 3.63) is 59.9 Å². The van der Waals surface area contributed by atoms with E-state index in [4.69, 9.17) is 5.73 Å². The fourth-order valence-electron chi connectivity index (χ4n) is 2.07. The Hall–Kier alpha value is -2.54. The number of aromatic nitrogens is 4. The Morgan fingerprint density at radius 2 is 2.00 bits per heavy atom. The van der Waals surface area contributed by atoms with Crippen LogP contribution < -0.4 is 11.1 Å². The number of nitrogens with one attached hydrogen (secondary N) is 2. The molecule has 23 heavy (non-hydrogen) atoms. The molecule has 2 heterocycles. The number of hydrogen-bond acceptors (Lipinski definition) is 6. The Morgan fingerprint density at radius 1 is 1.13 bits per heavy atom. The average molecular weight is 326 g/mol. The normalized spacial score (nSPS) is 10.6. The lowest BCUT2D eigenvalue weighted by Gasteiger charge is -2.08. The number of nitrogen functional groups attached to an aromatic ring is 1. The third-order valence-electron chi connectivity index (χ3n) is 3.21. The Balaban J connectivity index is 1.57. The molecule has 7 heteroatoms. The first-order valence-electron chi connectivity index (χ1n) is 7.32. The Bertz CT molecular complexity index is 730. The first kappa shape index (κ1) is 15.4. The Kier molecular flexibility index (Phi) is 5.10. The van der Waals surface area contributed by atoms with Crippen LogP contribution in [-0.4, -0.2) is 26.7 Å². The third kappa shape index (κ3) is 4.72. The van der Waals surface area contributed by atoms with Crippen LogP contribution in [-0.2, 0) is 12.2 Å². The van der Waals surface area contributed by atoms with Crippen molar-refractivity contribution in [1.82, 2.24) is 20.2 Å². The predicted octanol–water partition coefficient (Wildman–Crippen LogP) is 2.73. The second kappa shape index (κ2) is 7.64. The molecule has 0 aliphatic carbocycles. The van der Waals surface area contributed by atoms with E-state index in [-0.39, 0.29) is 0 Å². The fourth-order valence-corrected chi connectivity index (χ4v) is 2.89. The third-order valence-corrected chi connectivity index (χ3v) is 4.13. The highest BCUT2D eigenvalue weighted by atomic mass is 32.2. The molecule has 0 aliphatic heterocycles. The molecule has 0 unspecified atom stereocenters. The summed E-state index contributed by atoms with van der Waals surface area (Å²) in [4.78, 5) is 8.79. The van der Waals surface area contributed by atoms with Crippen molar-refractivity contribution in [3.8, 4) is 0 Å². The summed E-state index contributed by atoms with van der Waals surface area (Å²) in [5.41, 5.74) is 8.26. The number of hydrogen-bond donors (Lipinski definition) is 3. The summed E-state index contributed by atoms with van der Waals surface area (Å²) in [6, 6.07) is 12.0. The van der Waals surface area contributed by atoms with Crippen LogP contribution in [0.25, 0.3) is 0 Å². The molecular formula is C16H18N6S. The number of thioether (sulfide) groups is 1. The molecule has 0 saturated heterocycles. The van der Waals surface area contributed by atoms with Crippen molar-refractivity contribution in [2.45, 2.75) is 17.3 Å². The Labute approximate surface area is 138 Å². The van der Waals surface area contributed by atoms with Gasteiger partial charge in [-0.05, 0) is 17.5 Å². The lowest BCUT2D eigenvalue weighted by molar-refractivity contribution is 0.944. The molecule has 6 nitrogen and oxygen atoms in total. The van der Waals surface area contributed by atoms with Crippen molar-refractivity contribution < 1.29 is 0 Å². The fraction of sp³-hybridized carbons (Fsp3) is 0.188. The topological polar surface area (TPSA) is 92.5 Å². The van der Waals surface area contributed by atoms with Gasteiger partial charge in [0.15, 0.2) is 5.16 Å². The van der Waals surface area contributed by atoms with Crippen LogP contribution in [0.3, 0.4) is 0 Å². The zero-order chi connectivity index (χ0) is 15.9. The first-order valence-corrected chi connectivity index (χ1v) is 8.31. The van der Waals surface area contributed by atoms with Gasteiger partial charge in [0.1, 0.15) is 11.6 Å². The average Bonchev–Trinajstić information content (AvgIpc) is 3.07. The van der Waals surface area contributed by atoms with E-state index in [9.17, 15) is 0 Å². The van der Waals surface area contributed by atoms with Crippen molar-refractivity contribution in [2.75, 3.05) is 17.6 Å². The summed E-state index contributed by atoms with van der Waals surface area (Å²) < 4.78 is 0. The molecule has 0 amide bonds. The van der Waals surface area contributed by atoms with Gasteiger partial charge in [-0.25, -0.2) is 9.97 Å². The van der Waals surface area contributed by atoms with E-state index < -0.39 is 0 Å². The van der Waals surface area contributed by atoms with Crippen LogP contribution in [0.1, 0.15) is 11.1 Å². The summed E-state index contributed by atoms with van der Waals surface area (Å²) in [5.74, 6) is 2.04. The highest BCUT2D eigenvalue weighted by molar-refractivity contribution is 7.98. The lowest BCUT2D eigenvalue weighted by atomic mass is 10.2. The quantitative estimate of drug-likeness (QED) is 0.457. The number of rotatable bonds is 7. The van der Waals surface area contributed by atoms with Gasteiger partial charge in [0.05, 0.1) is 6.20 Å². The van der Waals surface area contributed by atoms with Gasteiger partial charge in [0.2, 0.25) is 0 Å². The van der Waals surface area contributed by atoms with Gasteiger partial charge < -0.3 is 11.1 Å². The van der Waals surface area contributed by atoms with Gasteiger partial charge in [0.25, 0.3) is 0 Å². The van der Waals surface area contributed by atoms with Gasteiger partial charge in [-0.15, -0.1) is 0 Å². The monoisotopic (exact) mass is 326 g/mol. The molecule has 0 aliphatic rings. The van der Waals surface area contributed by atoms with Crippen LogP contribution >= 0.6 is 11.8 Å². The number of aromatic amines is 1. The molecule has 0 atom stereocenters. The minimum atomic E-state index is 0.473. The molecular weight excluding hydrogens is 308 g/mol. The molecule has 0 spiro atoms. The van der Waals surface area contributed by atoms with Crippen molar-refractivity contribution in [3.63, 3.8) is 0 Å². The predicted molar refractivity (Wildman–Crippen MR) is 93.2 cm³/mol. The van der Waals surface area contributed by atoms with Crippen molar-refractivity contribution in [2.24, 2.45) is 0 Å². The number of nitrogens with two attached hydrogens (primary N) is 1. The number of nitrogens with zero attached hydrogens (tertiary/aromatic N) is 3. The molecule has 2 aromatic heterocycles. The highest BCUT2D eigenvalue weighted by Gasteiger charge is 2.04. The van der Waals surface area contributed by atoms with Crippen LogP contribution in [0.4, 0.5) is 11.6 Å². The van der Waals surface area contributed by atoms with E-state index in [2.05, 4.69) is 37.6 Å². The second-order valence-corrected chi connectivity index (χ2v) is 5.96. The molecule has 0 radical (unpaired) electrons. The molecule has 0 bridgehead atoms. The molecule has 0 saturated carbocycles.